The SMILES string of the molecule is CCNc1cc(C)nc(-c2cc(Br)c3c(c2)OCO3)n1. The first kappa shape index (κ1) is 13.2. The van der Waals surface area contributed by atoms with Gasteiger partial charge < -0.3 is 14.8 Å². The number of nitrogens with one attached hydrogen (secondary N) is 1. The summed E-state index contributed by atoms with van der Waals surface area (Å²) in [5.41, 5.74) is 1.81. The minimum absolute atomic E-state index is 0.245. The molecule has 0 bridgehead atoms. The second kappa shape index (κ2) is 5.28. The highest BCUT2D eigenvalue weighted by atomic mass is 79.9. The van der Waals surface area contributed by atoms with Crippen LogP contribution in [0.1, 0.15) is 12.6 Å². The Morgan fingerprint density at radius 3 is 2.90 bits per heavy atom. The molecular formula is C14H14BrN3O2. The average molecular weight is 336 g/mol. The van der Waals surface area contributed by atoms with Gasteiger partial charge in [-0.2, -0.15) is 0 Å². The minimum atomic E-state index is 0.245. The van der Waals surface area contributed by atoms with E-state index in [4.69, 9.17) is 9.47 Å². The molecule has 20 heavy (non-hydrogen) atoms. The molecule has 0 radical (unpaired) electrons. The summed E-state index contributed by atoms with van der Waals surface area (Å²) in [6, 6.07) is 5.77. The molecule has 104 valence electrons. The van der Waals surface area contributed by atoms with Crippen molar-refractivity contribution in [3.8, 4) is 22.9 Å². The maximum Gasteiger partial charge on any atom is 0.231 e. The van der Waals surface area contributed by atoms with Gasteiger partial charge in [0, 0.05) is 23.9 Å². The van der Waals surface area contributed by atoms with Gasteiger partial charge in [0.25, 0.3) is 0 Å². The van der Waals surface area contributed by atoms with Crippen molar-refractivity contribution in [1.29, 1.82) is 0 Å². The number of benzene rings is 1. The molecule has 1 aromatic heterocycles. The highest BCUT2D eigenvalue weighted by Gasteiger charge is 2.19. The molecule has 1 aromatic carbocycles. The lowest BCUT2D eigenvalue weighted by molar-refractivity contribution is 0.173. The first-order valence-corrected chi connectivity index (χ1v) is 7.15. The number of ether oxygens (including phenoxy) is 2. The number of rotatable bonds is 3. The van der Waals surface area contributed by atoms with E-state index in [9.17, 15) is 0 Å². The van der Waals surface area contributed by atoms with Gasteiger partial charge in [0.05, 0.1) is 4.47 Å². The van der Waals surface area contributed by atoms with E-state index in [1.165, 1.54) is 0 Å². The van der Waals surface area contributed by atoms with Gasteiger partial charge in [-0.25, -0.2) is 9.97 Å². The lowest BCUT2D eigenvalue weighted by Crippen LogP contribution is -2.02. The summed E-state index contributed by atoms with van der Waals surface area (Å²) in [6.45, 7) is 5.05. The van der Waals surface area contributed by atoms with Crippen LogP contribution < -0.4 is 14.8 Å². The first-order chi connectivity index (χ1) is 9.67. The van der Waals surface area contributed by atoms with Crippen LogP contribution in [0.4, 0.5) is 5.82 Å². The minimum Gasteiger partial charge on any atom is -0.454 e. The molecule has 1 N–H and O–H groups in total. The van der Waals surface area contributed by atoms with E-state index in [0.29, 0.717) is 11.6 Å². The van der Waals surface area contributed by atoms with Crippen LogP contribution in [0.25, 0.3) is 11.4 Å². The summed E-state index contributed by atoms with van der Waals surface area (Å²) in [5.74, 6) is 2.93. The van der Waals surface area contributed by atoms with Crippen molar-refractivity contribution in [2.45, 2.75) is 13.8 Å². The van der Waals surface area contributed by atoms with Gasteiger partial charge in [-0.1, -0.05) is 0 Å². The molecule has 2 aromatic rings. The monoisotopic (exact) mass is 335 g/mol. The summed E-state index contributed by atoms with van der Waals surface area (Å²) in [5, 5.41) is 3.21. The smallest absolute Gasteiger partial charge is 0.231 e. The van der Waals surface area contributed by atoms with Crippen molar-refractivity contribution in [2.24, 2.45) is 0 Å². The normalized spacial score (nSPS) is 12.6. The molecule has 2 heterocycles. The Hall–Kier alpha value is -1.82. The summed E-state index contributed by atoms with van der Waals surface area (Å²) in [6.07, 6.45) is 0. The number of fused-ring (bicyclic) bond motifs is 1. The van der Waals surface area contributed by atoms with Crippen LogP contribution in [0.2, 0.25) is 0 Å². The maximum atomic E-state index is 5.43. The third-order valence-electron chi connectivity index (χ3n) is 2.90. The highest BCUT2D eigenvalue weighted by Crippen LogP contribution is 2.42. The van der Waals surface area contributed by atoms with E-state index in [1.54, 1.807) is 0 Å². The van der Waals surface area contributed by atoms with Gasteiger partial charge in [0.15, 0.2) is 17.3 Å². The number of nitrogens with zero attached hydrogens (tertiary/aromatic N) is 2. The quantitative estimate of drug-likeness (QED) is 0.931. The highest BCUT2D eigenvalue weighted by molar-refractivity contribution is 9.10. The fourth-order valence-electron chi connectivity index (χ4n) is 2.07. The summed E-state index contributed by atoms with van der Waals surface area (Å²) in [7, 11) is 0. The van der Waals surface area contributed by atoms with Crippen molar-refractivity contribution in [3.05, 3.63) is 28.4 Å². The molecule has 0 unspecified atom stereocenters. The van der Waals surface area contributed by atoms with Gasteiger partial charge in [0.2, 0.25) is 6.79 Å². The fraction of sp³-hybridized carbons (Fsp3) is 0.286. The molecule has 0 amide bonds. The molecule has 0 spiro atoms. The summed E-state index contributed by atoms with van der Waals surface area (Å²) >= 11 is 3.49. The molecule has 0 saturated carbocycles. The third kappa shape index (κ3) is 2.43. The fourth-order valence-corrected chi connectivity index (χ4v) is 2.62. The second-order valence-electron chi connectivity index (χ2n) is 4.44. The zero-order chi connectivity index (χ0) is 14.1. The largest absolute Gasteiger partial charge is 0.454 e. The zero-order valence-corrected chi connectivity index (χ0v) is 12.8. The molecule has 1 aliphatic rings. The Labute approximate surface area is 125 Å². The summed E-state index contributed by atoms with van der Waals surface area (Å²) in [4.78, 5) is 9.01. The summed E-state index contributed by atoms with van der Waals surface area (Å²) < 4.78 is 11.7. The van der Waals surface area contributed by atoms with E-state index >= 15 is 0 Å². The molecular weight excluding hydrogens is 322 g/mol. The lowest BCUT2D eigenvalue weighted by atomic mass is 10.2. The predicted molar refractivity (Wildman–Crippen MR) is 80.2 cm³/mol. The van der Waals surface area contributed by atoms with E-state index in [2.05, 4.69) is 31.2 Å². The van der Waals surface area contributed by atoms with Crippen LogP contribution in [0.3, 0.4) is 0 Å². The number of hydrogen-bond donors (Lipinski definition) is 1. The number of hydrogen-bond acceptors (Lipinski definition) is 5. The second-order valence-corrected chi connectivity index (χ2v) is 5.29. The maximum absolute atomic E-state index is 5.43. The van der Waals surface area contributed by atoms with Crippen LogP contribution >= 0.6 is 15.9 Å². The van der Waals surface area contributed by atoms with Crippen molar-refractivity contribution >= 4 is 21.7 Å². The molecule has 1 aliphatic heterocycles. The van der Waals surface area contributed by atoms with Crippen molar-refractivity contribution in [3.63, 3.8) is 0 Å². The zero-order valence-electron chi connectivity index (χ0n) is 11.2. The van der Waals surface area contributed by atoms with Gasteiger partial charge in [-0.05, 0) is 41.9 Å². The van der Waals surface area contributed by atoms with E-state index in [-0.39, 0.29) is 6.79 Å². The first-order valence-electron chi connectivity index (χ1n) is 6.36. The molecule has 5 nitrogen and oxygen atoms in total. The average Bonchev–Trinajstić information content (AvgIpc) is 2.87. The Balaban J connectivity index is 2.07. The number of aromatic nitrogens is 2. The Bertz CT molecular complexity index is 661. The lowest BCUT2D eigenvalue weighted by Gasteiger charge is -2.08. The number of aryl methyl sites for hydroxylation is 1. The van der Waals surface area contributed by atoms with Crippen LogP contribution in [0.15, 0.2) is 22.7 Å². The number of halogens is 1. The van der Waals surface area contributed by atoms with E-state index < -0.39 is 0 Å². The Morgan fingerprint density at radius 2 is 2.10 bits per heavy atom. The van der Waals surface area contributed by atoms with Crippen LogP contribution in [-0.2, 0) is 0 Å². The van der Waals surface area contributed by atoms with Gasteiger partial charge in [-0.15, -0.1) is 0 Å². The molecule has 3 rings (SSSR count). The van der Waals surface area contributed by atoms with Crippen LogP contribution in [0.5, 0.6) is 11.5 Å². The van der Waals surface area contributed by atoms with E-state index in [0.717, 1.165) is 33.8 Å². The Kier molecular flexibility index (Phi) is 3.48. The standard InChI is InChI=1S/C14H14BrN3O2/c1-3-16-12-4-8(2)17-14(18-12)9-5-10(15)13-11(6-9)19-7-20-13/h4-6H,3,7H2,1-2H3,(H,16,17,18). The van der Waals surface area contributed by atoms with Crippen LogP contribution in [-0.4, -0.2) is 23.3 Å². The molecule has 6 heteroatoms. The third-order valence-corrected chi connectivity index (χ3v) is 3.49. The number of anilines is 1. The van der Waals surface area contributed by atoms with Gasteiger partial charge >= 0.3 is 0 Å². The van der Waals surface area contributed by atoms with E-state index in [1.807, 2.05) is 32.0 Å². The van der Waals surface area contributed by atoms with Gasteiger partial charge in [-0.3, -0.25) is 0 Å². The molecule has 0 saturated heterocycles. The topological polar surface area (TPSA) is 56.3 Å². The predicted octanol–water partition coefficient (Wildman–Crippen LogP) is 3.38. The molecule has 0 aliphatic carbocycles. The van der Waals surface area contributed by atoms with Gasteiger partial charge in [0.1, 0.15) is 5.82 Å². The molecule has 0 fully saturated rings. The Morgan fingerprint density at radius 1 is 1.25 bits per heavy atom. The molecule has 0 atom stereocenters. The van der Waals surface area contributed by atoms with Crippen molar-refractivity contribution in [2.75, 3.05) is 18.7 Å². The van der Waals surface area contributed by atoms with Crippen molar-refractivity contribution < 1.29 is 9.47 Å². The van der Waals surface area contributed by atoms with Crippen LogP contribution in [0, 0.1) is 6.92 Å². The van der Waals surface area contributed by atoms with Crippen molar-refractivity contribution in [1.82, 2.24) is 9.97 Å².